The van der Waals surface area contributed by atoms with Crippen molar-refractivity contribution in [2.45, 2.75) is 15.8 Å². The molecule has 74 valence electrons. The molecule has 1 aromatic rings. The predicted molar refractivity (Wildman–Crippen MR) is 44.7 cm³/mol. The number of nitrogens with zero attached hydrogens (tertiary/aromatic N) is 2. The fraction of sp³-hybridized carbons (Fsp3) is 0.600. The first-order valence-corrected chi connectivity index (χ1v) is 4.89. The number of hydrogen-bond acceptors (Lipinski definition) is 5. The summed E-state index contributed by atoms with van der Waals surface area (Å²) in [7, 11) is 0. The molecule has 1 aromatic heterocycles. The molecule has 0 aliphatic heterocycles. The fourth-order valence-corrected chi connectivity index (χ4v) is 2.09. The molecule has 13 heavy (non-hydrogen) atoms. The van der Waals surface area contributed by atoms with Gasteiger partial charge in [0.25, 0.3) is 0 Å². The minimum Gasteiger partial charge on any atom is -0.329 e. The van der Waals surface area contributed by atoms with Crippen LogP contribution in [0.3, 0.4) is 0 Å². The smallest absolute Gasteiger partial charge is 0.329 e. The van der Waals surface area contributed by atoms with Gasteiger partial charge in [-0.2, -0.15) is 17.5 Å². The Hall–Kier alpha value is -0.340. The summed E-state index contributed by atoms with van der Waals surface area (Å²) < 4.78 is 40.4. The van der Waals surface area contributed by atoms with Gasteiger partial charge in [-0.3, -0.25) is 0 Å². The zero-order valence-electron chi connectivity index (χ0n) is 6.28. The van der Waals surface area contributed by atoms with Gasteiger partial charge in [-0.15, -0.1) is 0 Å². The lowest BCUT2D eigenvalue weighted by atomic mass is 10.4. The maximum Gasteiger partial charge on any atom is 0.402 e. The summed E-state index contributed by atoms with van der Waals surface area (Å²) in [5.74, 6) is 0. The lowest BCUT2D eigenvalue weighted by Crippen LogP contribution is -2.32. The highest BCUT2D eigenvalue weighted by atomic mass is 32.2. The number of rotatable bonds is 3. The van der Waals surface area contributed by atoms with Gasteiger partial charge in [-0.1, -0.05) is 11.8 Å². The van der Waals surface area contributed by atoms with Gasteiger partial charge < -0.3 is 5.73 Å². The summed E-state index contributed by atoms with van der Waals surface area (Å²) in [6.45, 7) is -0.451. The van der Waals surface area contributed by atoms with E-state index in [1.807, 2.05) is 0 Å². The van der Waals surface area contributed by atoms with Crippen molar-refractivity contribution in [3.8, 4) is 0 Å². The molecule has 0 saturated carbocycles. The maximum atomic E-state index is 12.2. The summed E-state index contributed by atoms with van der Waals surface area (Å²) in [5.41, 5.74) is 4.99. The number of thioether (sulfide) groups is 1. The zero-order valence-corrected chi connectivity index (χ0v) is 7.92. The second-order valence-corrected chi connectivity index (χ2v) is 4.32. The van der Waals surface area contributed by atoms with Crippen molar-refractivity contribution in [3.63, 3.8) is 0 Å². The van der Waals surface area contributed by atoms with Crippen molar-refractivity contribution >= 4 is 23.3 Å². The fourth-order valence-electron chi connectivity index (χ4n) is 0.585. The van der Waals surface area contributed by atoms with E-state index in [0.29, 0.717) is 11.8 Å². The second-order valence-electron chi connectivity index (χ2n) is 2.09. The number of alkyl halides is 3. The Bertz CT molecular complexity index is 248. The van der Waals surface area contributed by atoms with Crippen LogP contribution >= 0.6 is 23.3 Å². The van der Waals surface area contributed by atoms with Crippen molar-refractivity contribution in [2.24, 2.45) is 5.73 Å². The standard InChI is InChI=1S/C5H6F3N3S2/c6-5(7,8)3(1-9)12-4-10-2-11-13-4/h2-3H,1,9H2. The minimum absolute atomic E-state index is 0.285. The molecular formula is C5H6F3N3S2. The highest BCUT2D eigenvalue weighted by Gasteiger charge is 2.39. The summed E-state index contributed by atoms with van der Waals surface area (Å²) in [4.78, 5) is 3.63. The van der Waals surface area contributed by atoms with Gasteiger partial charge in [0, 0.05) is 6.54 Å². The van der Waals surface area contributed by atoms with E-state index in [0.717, 1.165) is 11.5 Å². The van der Waals surface area contributed by atoms with Crippen LogP contribution in [-0.4, -0.2) is 27.3 Å². The van der Waals surface area contributed by atoms with Crippen LogP contribution in [-0.2, 0) is 0 Å². The average molecular weight is 229 g/mol. The Morgan fingerprint density at radius 3 is 2.69 bits per heavy atom. The Morgan fingerprint density at radius 2 is 2.31 bits per heavy atom. The lowest BCUT2D eigenvalue weighted by Gasteiger charge is -2.15. The van der Waals surface area contributed by atoms with Crippen molar-refractivity contribution in [2.75, 3.05) is 6.54 Å². The third-order valence-corrected chi connectivity index (χ3v) is 3.19. The van der Waals surface area contributed by atoms with E-state index in [4.69, 9.17) is 5.73 Å². The monoisotopic (exact) mass is 229 g/mol. The Labute approximate surface area is 80.7 Å². The number of hydrogen-bond donors (Lipinski definition) is 1. The van der Waals surface area contributed by atoms with Gasteiger partial charge in [0.15, 0.2) is 4.34 Å². The van der Waals surface area contributed by atoms with Crippen LogP contribution in [0.1, 0.15) is 0 Å². The Morgan fingerprint density at radius 1 is 1.62 bits per heavy atom. The van der Waals surface area contributed by atoms with Crippen LogP contribution in [0.25, 0.3) is 0 Å². The van der Waals surface area contributed by atoms with Crippen LogP contribution in [0.15, 0.2) is 10.7 Å². The molecule has 1 heterocycles. The van der Waals surface area contributed by atoms with Gasteiger partial charge in [-0.05, 0) is 11.5 Å². The molecule has 0 aliphatic rings. The highest BCUT2D eigenvalue weighted by molar-refractivity contribution is 8.01. The van der Waals surface area contributed by atoms with E-state index >= 15 is 0 Å². The van der Waals surface area contributed by atoms with E-state index in [2.05, 4.69) is 9.36 Å². The quantitative estimate of drug-likeness (QED) is 0.798. The van der Waals surface area contributed by atoms with Crippen LogP contribution in [0.4, 0.5) is 13.2 Å². The first-order valence-electron chi connectivity index (χ1n) is 3.24. The molecule has 0 saturated heterocycles. The molecule has 2 N–H and O–H groups in total. The molecule has 0 radical (unpaired) electrons. The van der Waals surface area contributed by atoms with Crippen LogP contribution < -0.4 is 5.73 Å². The van der Waals surface area contributed by atoms with Gasteiger partial charge in [0.2, 0.25) is 0 Å². The normalized spacial score (nSPS) is 14.5. The van der Waals surface area contributed by atoms with Crippen LogP contribution in [0.2, 0.25) is 0 Å². The molecule has 0 spiro atoms. The Balaban J connectivity index is 2.60. The molecule has 1 rings (SSSR count). The average Bonchev–Trinajstić information content (AvgIpc) is 2.49. The van der Waals surface area contributed by atoms with Crippen LogP contribution in [0, 0.1) is 0 Å². The molecule has 1 atom stereocenters. The van der Waals surface area contributed by atoms with Crippen molar-refractivity contribution in [1.82, 2.24) is 9.36 Å². The van der Waals surface area contributed by atoms with E-state index in [1.54, 1.807) is 0 Å². The number of aromatic nitrogens is 2. The van der Waals surface area contributed by atoms with E-state index in [9.17, 15) is 13.2 Å². The molecule has 3 nitrogen and oxygen atoms in total. The summed E-state index contributed by atoms with van der Waals surface area (Å²) in [6, 6.07) is 0. The van der Waals surface area contributed by atoms with Gasteiger partial charge >= 0.3 is 6.18 Å². The predicted octanol–water partition coefficient (Wildman–Crippen LogP) is 1.52. The van der Waals surface area contributed by atoms with Crippen molar-refractivity contribution in [1.29, 1.82) is 0 Å². The number of halogens is 3. The second kappa shape index (κ2) is 4.25. The third-order valence-electron chi connectivity index (χ3n) is 1.16. The first-order chi connectivity index (χ1) is 6.04. The number of nitrogens with two attached hydrogens (primary N) is 1. The maximum absolute atomic E-state index is 12.2. The molecule has 8 heteroatoms. The van der Waals surface area contributed by atoms with E-state index in [1.165, 1.54) is 6.33 Å². The molecule has 0 amide bonds. The zero-order chi connectivity index (χ0) is 9.90. The first kappa shape index (κ1) is 10.7. The Kier molecular flexibility index (Phi) is 3.51. The van der Waals surface area contributed by atoms with Crippen LogP contribution in [0.5, 0.6) is 0 Å². The topological polar surface area (TPSA) is 51.8 Å². The van der Waals surface area contributed by atoms with Crippen molar-refractivity contribution < 1.29 is 13.2 Å². The minimum atomic E-state index is -4.29. The third kappa shape index (κ3) is 3.12. The molecule has 0 aromatic carbocycles. The summed E-state index contributed by atoms with van der Waals surface area (Å²) in [6.07, 6.45) is -3.07. The highest BCUT2D eigenvalue weighted by Crippen LogP contribution is 2.34. The SMILES string of the molecule is NCC(Sc1ncns1)C(F)(F)F. The molecule has 0 aliphatic carbocycles. The van der Waals surface area contributed by atoms with Crippen molar-refractivity contribution in [3.05, 3.63) is 6.33 Å². The lowest BCUT2D eigenvalue weighted by molar-refractivity contribution is -0.126. The van der Waals surface area contributed by atoms with E-state index in [-0.39, 0.29) is 4.34 Å². The molecular weight excluding hydrogens is 223 g/mol. The van der Waals surface area contributed by atoms with Gasteiger partial charge in [0.05, 0.1) is 0 Å². The van der Waals surface area contributed by atoms with Gasteiger partial charge in [-0.25, -0.2) is 4.98 Å². The van der Waals surface area contributed by atoms with Gasteiger partial charge in [0.1, 0.15) is 11.6 Å². The summed E-state index contributed by atoms with van der Waals surface area (Å²) >= 11 is 1.53. The molecule has 0 bridgehead atoms. The summed E-state index contributed by atoms with van der Waals surface area (Å²) in [5, 5.41) is -1.60. The van der Waals surface area contributed by atoms with E-state index < -0.39 is 18.0 Å². The largest absolute Gasteiger partial charge is 0.402 e. The molecule has 0 fully saturated rings. The molecule has 1 unspecified atom stereocenters.